The molecular formula is C15H17N3OS. The summed E-state index contributed by atoms with van der Waals surface area (Å²) >= 11 is 1.49. The summed E-state index contributed by atoms with van der Waals surface area (Å²) in [6, 6.07) is 10.2. The van der Waals surface area contributed by atoms with Gasteiger partial charge in [0.15, 0.2) is 0 Å². The normalized spacial score (nSPS) is 10.4. The highest BCUT2D eigenvalue weighted by Crippen LogP contribution is 2.31. The Kier molecular flexibility index (Phi) is 5.22. The predicted molar refractivity (Wildman–Crippen MR) is 83.2 cm³/mol. The van der Waals surface area contributed by atoms with Gasteiger partial charge in [-0.25, -0.2) is 4.98 Å². The molecule has 0 spiro atoms. The van der Waals surface area contributed by atoms with E-state index in [1.54, 1.807) is 7.11 Å². The largest absolute Gasteiger partial charge is 0.385 e. The van der Waals surface area contributed by atoms with Crippen LogP contribution in [0.4, 0.5) is 5.69 Å². The molecule has 20 heavy (non-hydrogen) atoms. The van der Waals surface area contributed by atoms with Crippen molar-refractivity contribution >= 4 is 28.4 Å². The molecule has 2 aromatic rings. The fourth-order valence-corrected chi connectivity index (χ4v) is 2.60. The lowest BCUT2D eigenvalue weighted by molar-refractivity contribution is 0.198. The zero-order valence-corrected chi connectivity index (χ0v) is 12.5. The molecule has 2 rings (SSSR count). The number of hydrogen-bond acceptors (Lipinski definition) is 5. The monoisotopic (exact) mass is 287 g/mol. The molecule has 0 saturated heterocycles. The van der Waals surface area contributed by atoms with E-state index in [1.807, 2.05) is 30.5 Å². The standard InChI is InChI=1S/C15H17N3OS/c1-19-9-5-8-17-14-11-6-3-4-7-13(11)18-15(20-2)12(14)10-16/h3-4,6-7H,5,8-9H2,1-2H3,(H,17,18). The molecule has 0 radical (unpaired) electrons. The number of anilines is 1. The Labute approximate surface area is 123 Å². The van der Waals surface area contributed by atoms with Gasteiger partial charge in [-0.05, 0) is 18.7 Å². The van der Waals surface area contributed by atoms with Gasteiger partial charge >= 0.3 is 0 Å². The van der Waals surface area contributed by atoms with Gasteiger partial charge in [-0.15, -0.1) is 11.8 Å². The molecule has 0 atom stereocenters. The van der Waals surface area contributed by atoms with Crippen LogP contribution in [0.5, 0.6) is 0 Å². The molecule has 0 aliphatic carbocycles. The summed E-state index contributed by atoms with van der Waals surface area (Å²) in [7, 11) is 1.69. The number of pyridine rings is 1. The topological polar surface area (TPSA) is 57.9 Å². The minimum atomic E-state index is 0.619. The third kappa shape index (κ3) is 3.03. The predicted octanol–water partition coefficient (Wildman–Crippen LogP) is 3.28. The third-order valence-corrected chi connectivity index (χ3v) is 3.67. The maximum atomic E-state index is 9.42. The van der Waals surface area contributed by atoms with Crippen molar-refractivity contribution in [2.75, 3.05) is 31.8 Å². The Morgan fingerprint density at radius 1 is 1.40 bits per heavy atom. The highest BCUT2D eigenvalue weighted by Gasteiger charge is 2.13. The molecule has 0 bridgehead atoms. The fourth-order valence-electron chi connectivity index (χ4n) is 2.05. The van der Waals surface area contributed by atoms with Crippen LogP contribution in [0.1, 0.15) is 12.0 Å². The second kappa shape index (κ2) is 7.13. The minimum absolute atomic E-state index is 0.619. The number of hydrogen-bond donors (Lipinski definition) is 1. The van der Waals surface area contributed by atoms with E-state index in [9.17, 15) is 5.26 Å². The first-order chi connectivity index (χ1) is 9.81. The van der Waals surface area contributed by atoms with Crippen molar-refractivity contribution in [1.29, 1.82) is 5.26 Å². The molecule has 0 aliphatic rings. The van der Waals surface area contributed by atoms with Gasteiger partial charge < -0.3 is 10.1 Å². The molecule has 0 amide bonds. The minimum Gasteiger partial charge on any atom is -0.385 e. The van der Waals surface area contributed by atoms with Gasteiger partial charge in [0.05, 0.1) is 11.2 Å². The van der Waals surface area contributed by atoms with Gasteiger partial charge in [-0.1, -0.05) is 18.2 Å². The molecule has 1 heterocycles. The Hall–Kier alpha value is -1.77. The van der Waals surface area contributed by atoms with E-state index in [1.165, 1.54) is 11.8 Å². The number of aromatic nitrogens is 1. The number of methoxy groups -OCH3 is 1. The summed E-state index contributed by atoms with van der Waals surface area (Å²) < 4.78 is 5.05. The van der Waals surface area contributed by atoms with Gasteiger partial charge in [0.25, 0.3) is 0 Å². The van der Waals surface area contributed by atoms with E-state index >= 15 is 0 Å². The molecule has 0 aliphatic heterocycles. The lowest BCUT2D eigenvalue weighted by Gasteiger charge is -2.13. The second-order valence-corrected chi connectivity index (χ2v) is 5.07. The van der Waals surface area contributed by atoms with E-state index < -0.39 is 0 Å². The Bertz CT molecular complexity index is 637. The number of nitrogens with one attached hydrogen (secondary N) is 1. The van der Waals surface area contributed by atoms with Gasteiger partial charge in [-0.3, -0.25) is 0 Å². The fraction of sp³-hybridized carbons (Fsp3) is 0.333. The van der Waals surface area contributed by atoms with Crippen LogP contribution in [0.15, 0.2) is 29.3 Å². The zero-order valence-electron chi connectivity index (χ0n) is 11.6. The van der Waals surface area contributed by atoms with E-state index in [-0.39, 0.29) is 0 Å². The molecule has 0 saturated carbocycles. The van der Waals surface area contributed by atoms with Crippen molar-refractivity contribution < 1.29 is 4.74 Å². The van der Waals surface area contributed by atoms with Crippen molar-refractivity contribution in [3.63, 3.8) is 0 Å². The molecule has 4 nitrogen and oxygen atoms in total. The van der Waals surface area contributed by atoms with Gasteiger partial charge in [0.1, 0.15) is 16.7 Å². The number of benzene rings is 1. The van der Waals surface area contributed by atoms with Gasteiger partial charge in [-0.2, -0.15) is 5.26 Å². The van der Waals surface area contributed by atoms with Crippen molar-refractivity contribution in [2.24, 2.45) is 0 Å². The number of rotatable bonds is 6. The molecule has 1 aromatic heterocycles. The zero-order chi connectivity index (χ0) is 14.4. The maximum Gasteiger partial charge on any atom is 0.116 e. The average molecular weight is 287 g/mol. The van der Waals surface area contributed by atoms with Crippen LogP contribution in [0.25, 0.3) is 10.9 Å². The first-order valence-electron chi connectivity index (χ1n) is 6.41. The van der Waals surface area contributed by atoms with Gasteiger partial charge in [0, 0.05) is 25.6 Å². The smallest absolute Gasteiger partial charge is 0.116 e. The van der Waals surface area contributed by atoms with Crippen LogP contribution in [0.2, 0.25) is 0 Å². The van der Waals surface area contributed by atoms with Crippen molar-refractivity contribution in [3.05, 3.63) is 29.8 Å². The van der Waals surface area contributed by atoms with Crippen LogP contribution in [0.3, 0.4) is 0 Å². The van der Waals surface area contributed by atoms with Crippen molar-refractivity contribution in [1.82, 2.24) is 4.98 Å². The third-order valence-electron chi connectivity index (χ3n) is 2.99. The summed E-state index contributed by atoms with van der Waals surface area (Å²) in [5.41, 5.74) is 2.40. The van der Waals surface area contributed by atoms with Crippen molar-refractivity contribution in [3.8, 4) is 6.07 Å². The van der Waals surface area contributed by atoms with Crippen LogP contribution >= 0.6 is 11.8 Å². The van der Waals surface area contributed by atoms with Crippen LogP contribution in [-0.4, -0.2) is 31.5 Å². The van der Waals surface area contributed by atoms with Crippen molar-refractivity contribution in [2.45, 2.75) is 11.4 Å². The molecule has 104 valence electrons. The SMILES string of the molecule is COCCCNc1c(C#N)c(SC)nc2ccccc12. The van der Waals surface area contributed by atoms with Crippen LogP contribution in [-0.2, 0) is 4.74 Å². The maximum absolute atomic E-state index is 9.42. The first-order valence-corrected chi connectivity index (χ1v) is 7.64. The van der Waals surface area contributed by atoms with Crippen LogP contribution < -0.4 is 5.32 Å². The highest BCUT2D eigenvalue weighted by atomic mass is 32.2. The number of para-hydroxylation sites is 1. The van der Waals surface area contributed by atoms with Gasteiger partial charge in [0.2, 0.25) is 0 Å². The summed E-state index contributed by atoms with van der Waals surface area (Å²) in [6.45, 7) is 1.47. The number of fused-ring (bicyclic) bond motifs is 1. The summed E-state index contributed by atoms with van der Waals surface area (Å²) in [5.74, 6) is 0. The number of nitrogens with zero attached hydrogens (tertiary/aromatic N) is 2. The first kappa shape index (κ1) is 14.6. The van der Waals surface area contributed by atoms with E-state index in [0.717, 1.165) is 34.6 Å². The number of ether oxygens (including phenoxy) is 1. The lowest BCUT2D eigenvalue weighted by atomic mass is 10.1. The summed E-state index contributed by atoms with van der Waals surface area (Å²) in [6.07, 6.45) is 2.83. The average Bonchev–Trinajstić information content (AvgIpc) is 2.50. The second-order valence-electron chi connectivity index (χ2n) is 4.27. The van der Waals surface area contributed by atoms with E-state index in [4.69, 9.17) is 4.74 Å². The summed E-state index contributed by atoms with van der Waals surface area (Å²) in [5, 5.41) is 14.5. The number of nitriles is 1. The Balaban J connectivity index is 2.44. The number of thioether (sulfide) groups is 1. The summed E-state index contributed by atoms with van der Waals surface area (Å²) in [4.78, 5) is 4.55. The Morgan fingerprint density at radius 2 is 2.20 bits per heavy atom. The molecule has 0 fully saturated rings. The molecule has 0 unspecified atom stereocenters. The van der Waals surface area contributed by atoms with E-state index in [2.05, 4.69) is 16.4 Å². The Morgan fingerprint density at radius 3 is 2.90 bits per heavy atom. The highest BCUT2D eigenvalue weighted by molar-refractivity contribution is 7.98. The molecular weight excluding hydrogens is 270 g/mol. The van der Waals surface area contributed by atoms with E-state index in [0.29, 0.717) is 12.2 Å². The van der Waals surface area contributed by atoms with Crippen LogP contribution in [0, 0.1) is 11.3 Å². The molecule has 5 heteroatoms. The molecule has 1 aromatic carbocycles. The lowest BCUT2D eigenvalue weighted by Crippen LogP contribution is -2.07. The quantitative estimate of drug-likeness (QED) is 0.652. The molecule has 1 N–H and O–H groups in total.